The fourth-order valence-corrected chi connectivity index (χ4v) is 3.57. The van der Waals surface area contributed by atoms with E-state index in [2.05, 4.69) is 5.32 Å². The molecule has 28 heavy (non-hydrogen) atoms. The van der Waals surface area contributed by atoms with E-state index in [4.69, 9.17) is 10.00 Å². The van der Waals surface area contributed by atoms with Gasteiger partial charge in [-0.1, -0.05) is 28.2 Å². The Morgan fingerprint density at radius 1 is 1.43 bits per heavy atom. The van der Waals surface area contributed by atoms with E-state index in [9.17, 15) is 14.0 Å². The summed E-state index contributed by atoms with van der Waals surface area (Å²) in [6.45, 7) is 1.78. The Morgan fingerprint density at radius 2 is 2.18 bits per heavy atom. The third kappa shape index (κ3) is 4.73. The molecule has 3 rings (SSSR count). The molecule has 2 aliphatic rings. The number of hydrogen-bond donors (Lipinski definition) is 1. The van der Waals surface area contributed by atoms with Gasteiger partial charge < -0.3 is 15.0 Å². The van der Waals surface area contributed by atoms with Crippen LogP contribution in [-0.4, -0.2) is 48.7 Å². The van der Waals surface area contributed by atoms with Gasteiger partial charge >= 0.3 is 6.09 Å². The lowest BCUT2D eigenvalue weighted by molar-refractivity contribution is -0.118. The number of carbonyl (C=O) groups is 2. The van der Waals surface area contributed by atoms with Crippen LogP contribution in [0.1, 0.15) is 12.8 Å². The van der Waals surface area contributed by atoms with Gasteiger partial charge in [0.1, 0.15) is 11.9 Å². The van der Waals surface area contributed by atoms with Crippen molar-refractivity contribution in [2.24, 2.45) is 0 Å². The van der Waals surface area contributed by atoms with Crippen LogP contribution < -0.4 is 15.1 Å². The normalized spacial score (nSPS) is 19.2. The molecule has 0 radical (unpaired) electrons. The number of rotatable bonds is 5. The van der Waals surface area contributed by atoms with Gasteiger partial charge in [0, 0.05) is 19.2 Å². The second-order valence-corrected chi connectivity index (χ2v) is 7.37. The number of carbonyl (C=O) groups excluding carboxylic acids is 2. The molecule has 0 aromatic heterocycles. The Kier molecular flexibility index (Phi) is 6.72. The number of nitriles is 1. The lowest BCUT2D eigenvalue weighted by Gasteiger charge is -2.30. The van der Waals surface area contributed by atoms with Crippen LogP contribution in [0.25, 0.3) is 0 Å². The lowest BCUT2D eigenvalue weighted by atomic mass is 10.0. The minimum absolute atomic E-state index is 0.125. The molecule has 1 N–H and O–H groups in total. The second kappa shape index (κ2) is 9.23. The van der Waals surface area contributed by atoms with E-state index < -0.39 is 18.0 Å². The predicted molar refractivity (Wildman–Crippen MR) is 111 cm³/mol. The molecular formula is C19H20FIN4O3. The van der Waals surface area contributed by atoms with Gasteiger partial charge in [-0.15, -0.1) is 0 Å². The van der Waals surface area contributed by atoms with E-state index in [1.54, 1.807) is 18.2 Å². The molecule has 2 aliphatic heterocycles. The average molecular weight is 498 g/mol. The van der Waals surface area contributed by atoms with E-state index >= 15 is 0 Å². The van der Waals surface area contributed by atoms with Gasteiger partial charge in [0.15, 0.2) is 0 Å². The van der Waals surface area contributed by atoms with E-state index in [1.807, 2.05) is 33.6 Å². The number of ether oxygens (including phenoxy) is 1. The molecule has 2 heterocycles. The molecule has 0 aliphatic carbocycles. The number of alkyl halides is 1. The first-order valence-corrected chi connectivity index (χ1v) is 10.5. The quantitative estimate of drug-likeness (QED) is 0.384. The van der Waals surface area contributed by atoms with E-state index in [1.165, 1.54) is 11.0 Å². The van der Waals surface area contributed by atoms with Crippen LogP contribution in [0.15, 0.2) is 29.8 Å². The standard InChI is InChI=1S/C19H20FIN4O3/c20-16-9-14(25-12-15(28-19(25)27)11-23-18(26)10-21)1-2-17(16)24-7-4-13(3-6-22)5-8-24/h1-3,9,15H,4-5,7-8,10-12H2,(H,23,26)/t15-/m0/s1. The van der Waals surface area contributed by atoms with Crippen molar-refractivity contribution in [2.45, 2.75) is 18.9 Å². The molecule has 7 nitrogen and oxygen atoms in total. The molecule has 2 amide bonds. The number of amides is 2. The van der Waals surface area contributed by atoms with Gasteiger partial charge in [-0.2, -0.15) is 5.26 Å². The molecule has 2 saturated heterocycles. The Labute approximate surface area is 176 Å². The molecule has 2 fully saturated rings. The van der Waals surface area contributed by atoms with Gasteiger partial charge in [0.2, 0.25) is 5.91 Å². The first-order chi connectivity index (χ1) is 13.5. The molecule has 0 saturated carbocycles. The summed E-state index contributed by atoms with van der Waals surface area (Å²) >= 11 is 1.95. The van der Waals surface area contributed by atoms with Crippen LogP contribution >= 0.6 is 22.6 Å². The maximum Gasteiger partial charge on any atom is 0.414 e. The SMILES string of the molecule is N#CC=C1CCN(c2ccc(N3C[C@H](CNC(=O)CI)OC3=O)cc2F)CC1. The van der Waals surface area contributed by atoms with E-state index in [-0.39, 0.29) is 19.0 Å². The minimum Gasteiger partial charge on any atom is -0.442 e. The number of hydrogen-bond acceptors (Lipinski definition) is 5. The van der Waals surface area contributed by atoms with Crippen molar-refractivity contribution in [3.63, 3.8) is 0 Å². The second-order valence-electron chi connectivity index (χ2n) is 6.61. The molecule has 0 unspecified atom stereocenters. The highest BCUT2D eigenvalue weighted by Crippen LogP contribution is 2.30. The van der Waals surface area contributed by atoms with Crippen LogP contribution in [-0.2, 0) is 9.53 Å². The smallest absolute Gasteiger partial charge is 0.414 e. The summed E-state index contributed by atoms with van der Waals surface area (Å²) in [5.41, 5.74) is 1.99. The van der Waals surface area contributed by atoms with Crippen LogP contribution in [0, 0.1) is 17.1 Å². The van der Waals surface area contributed by atoms with Gasteiger partial charge in [-0.25, -0.2) is 9.18 Å². The van der Waals surface area contributed by atoms with Crippen LogP contribution in [0.4, 0.5) is 20.6 Å². The van der Waals surface area contributed by atoms with Crippen molar-refractivity contribution in [3.8, 4) is 6.07 Å². The van der Waals surface area contributed by atoms with Crippen LogP contribution in [0.2, 0.25) is 0 Å². The maximum atomic E-state index is 14.7. The molecule has 1 atom stereocenters. The van der Waals surface area contributed by atoms with Gasteiger partial charge in [0.05, 0.1) is 35.0 Å². The number of benzene rings is 1. The van der Waals surface area contributed by atoms with Gasteiger partial charge in [-0.05, 0) is 31.0 Å². The largest absolute Gasteiger partial charge is 0.442 e. The Bertz CT molecular complexity index is 829. The molecule has 1 aromatic rings. The Balaban J connectivity index is 1.64. The zero-order valence-corrected chi connectivity index (χ0v) is 17.3. The number of nitrogens with one attached hydrogen (secondary N) is 1. The van der Waals surface area contributed by atoms with Crippen LogP contribution in [0.3, 0.4) is 0 Å². The Hall–Kier alpha value is -2.35. The predicted octanol–water partition coefficient (Wildman–Crippen LogP) is 2.75. The number of anilines is 2. The summed E-state index contributed by atoms with van der Waals surface area (Å²) in [5, 5.41) is 11.4. The first kappa shape index (κ1) is 20.4. The number of nitrogens with zero attached hydrogens (tertiary/aromatic N) is 3. The van der Waals surface area contributed by atoms with Crippen molar-refractivity contribution in [2.75, 3.05) is 40.4 Å². The summed E-state index contributed by atoms with van der Waals surface area (Å²) in [7, 11) is 0. The summed E-state index contributed by atoms with van der Waals surface area (Å²) in [4.78, 5) is 26.8. The third-order valence-electron chi connectivity index (χ3n) is 4.78. The highest BCUT2D eigenvalue weighted by Gasteiger charge is 2.33. The highest BCUT2D eigenvalue weighted by molar-refractivity contribution is 14.1. The fraction of sp³-hybridized carbons (Fsp3) is 0.421. The fourth-order valence-electron chi connectivity index (χ4n) is 3.30. The number of allylic oxidation sites excluding steroid dienone is 1. The average Bonchev–Trinajstić information content (AvgIpc) is 3.07. The molecular weight excluding hydrogens is 478 g/mol. The van der Waals surface area contributed by atoms with E-state index in [0.29, 0.717) is 28.9 Å². The molecule has 0 spiro atoms. The summed E-state index contributed by atoms with van der Waals surface area (Å²) in [6.07, 6.45) is 2.02. The minimum atomic E-state index is -0.551. The molecule has 0 bridgehead atoms. The first-order valence-electron chi connectivity index (χ1n) is 8.94. The summed E-state index contributed by atoms with van der Waals surface area (Å²) in [5.74, 6) is -0.528. The number of piperidine rings is 1. The topological polar surface area (TPSA) is 85.7 Å². The number of halogens is 2. The molecule has 1 aromatic carbocycles. The third-order valence-corrected chi connectivity index (χ3v) is 5.47. The summed E-state index contributed by atoms with van der Waals surface area (Å²) < 4.78 is 20.3. The highest BCUT2D eigenvalue weighted by atomic mass is 127. The zero-order valence-electron chi connectivity index (χ0n) is 15.2. The van der Waals surface area contributed by atoms with Gasteiger partial charge in [0.25, 0.3) is 0 Å². The van der Waals surface area contributed by atoms with Crippen molar-refractivity contribution >= 4 is 46.0 Å². The van der Waals surface area contributed by atoms with Crippen molar-refractivity contribution in [3.05, 3.63) is 35.7 Å². The molecule has 148 valence electrons. The van der Waals surface area contributed by atoms with E-state index in [0.717, 1.165) is 18.4 Å². The maximum absolute atomic E-state index is 14.7. The monoisotopic (exact) mass is 498 g/mol. The zero-order chi connectivity index (χ0) is 20.1. The van der Waals surface area contributed by atoms with Gasteiger partial charge in [-0.3, -0.25) is 9.69 Å². The van der Waals surface area contributed by atoms with Crippen molar-refractivity contribution in [1.82, 2.24) is 5.32 Å². The molecule has 9 heteroatoms. The lowest BCUT2D eigenvalue weighted by Crippen LogP contribution is -2.35. The number of cyclic esters (lactones) is 1. The Morgan fingerprint density at radius 3 is 2.82 bits per heavy atom. The van der Waals surface area contributed by atoms with Crippen molar-refractivity contribution in [1.29, 1.82) is 5.26 Å². The van der Waals surface area contributed by atoms with Crippen molar-refractivity contribution < 1.29 is 18.7 Å². The van der Waals surface area contributed by atoms with Crippen LogP contribution in [0.5, 0.6) is 0 Å². The summed E-state index contributed by atoms with van der Waals surface area (Å²) in [6, 6.07) is 6.75.